The molecule has 0 aliphatic carbocycles. The van der Waals surface area contributed by atoms with Crippen LogP contribution in [0.15, 0.2) is 30.3 Å². The van der Waals surface area contributed by atoms with Crippen molar-refractivity contribution in [2.45, 2.75) is 12.3 Å². The fourth-order valence-electron chi connectivity index (χ4n) is 3.02. The number of rotatable bonds is 3. The van der Waals surface area contributed by atoms with E-state index in [9.17, 15) is 9.18 Å². The molecule has 2 aromatic rings. The van der Waals surface area contributed by atoms with Crippen molar-refractivity contribution < 1.29 is 14.3 Å². The van der Waals surface area contributed by atoms with Crippen LogP contribution in [-0.2, 0) is 0 Å². The van der Waals surface area contributed by atoms with Gasteiger partial charge in [0.1, 0.15) is 5.82 Å². The van der Waals surface area contributed by atoms with Crippen molar-refractivity contribution in [1.82, 2.24) is 0 Å². The Labute approximate surface area is 153 Å². The van der Waals surface area contributed by atoms with Crippen LogP contribution in [0.1, 0.15) is 28.3 Å². The molecule has 0 radical (unpaired) electrons. The van der Waals surface area contributed by atoms with Crippen molar-refractivity contribution in [3.8, 4) is 0 Å². The zero-order valence-corrected chi connectivity index (χ0v) is 14.7. The van der Waals surface area contributed by atoms with E-state index in [2.05, 4.69) is 0 Å². The van der Waals surface area contributed by atoms with Crippen LogP contribution in [0.25, 0.3) is 0 Å². The molecular weight excluding hydrogens is 376 g/mol. The predicted octanol–water partition coefficient (Wildman–Crippen LogP) is 5.48. The van der Waals surface area contributed by atoms with E-state index in [1.54, 1.807) is 24.3 Å². The maximum Gasteiger partial charge on any atom is 0.338 e. The van der Waals surface area contributed by atoms with Crippen molar-refractivity contribution in [2.75, 3.05) is 18.0 Å². The summed E-state index contributed by atoms with van der Waals surface area (Å²) >= 11 is 18.2. The highest BCUT2D eigenvalue weighted by atomic mass is 35.5. The quantitative estimate of drug-likeness (QED) is 0.708. The second kappa shape index (κ2) is 6.79. The lowest BCUT2D eigenvalue weighted by atomic mass is 9.96. The van der Waals surface area contributed by atoms with E-state index in [1.807, 2.05) is 4.90 Å². The number of carboxylic acids is 1. The van der Waals surface area contributed by atoms with Crippen LogP contribution < -0.4 is 4.90 Å². The van der Waals surface area contributed by atoms with Crippen LogP contribution in [0.5, 0.6) is 0 Å². The van der Waals surface area contributed by atoms with E-state index < -0.39 is 11.8 Å². The van der Waals surface area contributed by atoms with Crippen molar-refractivity contribution in [3.63, 3.8) is 0 Å². The molecule has 126 valence electrons. The van der Waals surface area contributed by atoms with E-state index >= 15 is 0 Å². The topological polar surface area (TPSA) is 40.5 Å². The van der Waals surface area contributed by atoms with Crippen molar-refractivity contribution in [3.05, 3.63) is 62.3 Å². The third-order valence-corrected chi connectivity index (χ3v) is 5.24. The molecule has 1 atom stereocenters. The van der Waals surface area contributed by atoms with Crippen LogP contribution in [0.4, 0.5) is 10.1 Å². The smallest absolute Gasteiger partial charge is 0.338 e. The van der Waals surface area contributed by atoms with Crippen molar-refractivity contribution in [2.24, 2.45) is 0 Å². The minimum absolute atomic E-state index is 0.116. The van der Waals surface area contributed by atoms with Gasteiger partial charge in [-0.3, -0.25) is 0 Å². The minimum Gasteiger partial charge on any atom is -0.478 e. The average molecular weight is 389 g/mol. The zero-order valence-electron chi connectivity index (χ0n) is 12.4. The molecule has 1 fully saturated rings. The first-order valence-corrected chi connectivity index (χ1v) is 8.43. The van der Waals surface area contributed by atoms with Crippen LogP contribution in [0.2, 0.25) is 15.1 Å². The molecule has 2 aromatic carbocycles. The Morgan fingerprint density at radius 1 is 1.17 bits per heavy atom. The molecule has 1 aliphatic rings. The molecule has 24 heavy (non-hydrogen) atoms. The lowest BCUT2D eigenvalue weighted by Crippen LogP contribution is -2.20. The van der Waals surface area contributed by atoms with E-state index in [-0.39, 0.29) is 11.5 Å². The number of hydrogen-bond donors (Lipinski definition) is 1. The van der Waals surface area contributed by atoms with Gasteiger partial charge in [-0.15, -0.1) is 0 Å². The summed E-state index contributed by atoms with van der Waals surface area (Å²) in [4.78, 5) is 13.1. The average Bonchev–Trinajstić information content (AvgIpc) is 3.00. The highest BCUT2D eigenvalue weighted by Crippen LogP contribution is 2.39. The van der Waals surface area contributed by atoms with Crippen molar-refractivity contribution in [1.29, 1.82) is 0 Å². The highest BCUT2D eigenvalue weighted by Gasteiger charge is 2.29. The summed E-state index contributed by atoms with van der Waals surface area (Å²) in [5, 5.41) is 10.3. The molecule has 1 N–H and O–H groups in total. The Morgan fingerprint density at radius 3 is 2.58 bits per heavy atom. The molecule has 3 nitrogen and oxygen atoms in total. The predicted molar refractivity (Wildman–Crippen MR) is 94.4 cm³/mol. The van der Waals surface area contributed by atoms with Gasteiger partial charge >= 0.3 is 5.97 Å². The van der Waals surface area contributed by atoms with Gasteiger partial charge in [-0.1, -0.05) is 46.9 Å². The molecular formula is C17H13Cl3FNO2. The summed E-state index contributed by atoms with van der Waals surface area (Å²) in [5.74, 6) is -2.05. The Hall–Kier alpha value is -1.49. The first-order chi connectivity index (χ1) is 11.4. The Bertz CT molecular complexity index is 813. The van der Waals surface area contributed by atoms with Crippen LogP contribution in [0, 0.1) is 5.82 Å². The first-order valence-electron chi connectivity index (χ1n) is 7.29. The van der Waals surface area contributed by atoms with Gasteiger partial charge in [0.25, 0.3) is 0 Å². The minimum atomic E-state index is -1.27. The van der Waals surface area contributed by atoms with Gasteiger partial charge in [0.15, 0.2) is 0 Å². The summed E-state index contributed by atoms with van der Waals surface area (Å²) in [6.45, 7) is 1.19. The lowest BCUT2D eigenvalue weighted by molar-refractivity contribution is 0.0691. The molecule has 1 unspecified atom stereocenters. The van der Waals surface area contributed by atoms with E-state index in [4.69, 9.17) is 39.9 Å². The number of nitrogens with zero attached hydrogens (tertiary/aromatic N) is 1. The highest BCUT2D eigenvalue weighted by molar-refractivity contribution is 6.44. The van der Waals surface area contributed by atoms with Gasteiger partial charge in [0.2, 0.25) is 0 Å². The maximum absolute atomic E-state index is 14.4. The SMILES string of the molecule is O=C(O)c1cccc(C2CCN(c3cc(Cl)c(Cl)cc3Cl)C2)c1F. The fraction of sp³-hybridized carbons (Fsp3) is 0.235. The summed E-state index contributed by atoms with van der Waals surface area (Å²) in [6.07, 6.45) is 0.691. The summed E-state index contributed by atoms with van der Waals surface area (Å²) in [6, 6.07) is 7.74. The van der Waals surface area contributed by atoms with Crippen LogP contribution >= 0.6 is 34.8 Å². The summed E-state index contributed by atoms with van der Waals surface area (Å²) in [7, 11) is 0. The van der Waals surface area contributed by atoms with E-state index in [0.717, 1.165) is 5.69 Å². The van der Waals surface area contributed by atoms with Crippen LogP contribution in [0.3, 0.4) is 0 Å². The number of benzene rings is 2. The second-order valence-electron chi connectivity index (χ2n) is 5.66. The van der Waals surface area contributed by atoms with E-state index in [1.165, 1.54) is 6.07 Å². The van der Waals surface area contributed by atoms with Gasteiger partial charge in [0.05, 0.1) is 26.3 Å². The first kappa shape index (κ1) is 17.3. The number of carbonyl (C=O) groups is 1. The normalized spacial score (nSPS) is 17.3. The Balaban J connectivity index is 1.88. The lowest BCUT2D eigenvalue weighted by Gasteiger charge is -2.21. The molecule has 0 aromatic heterocycles. The summed E-state index contributed by atoms with van der Waals surface area (Å²) < 4.78 is 14.4. The number of carboxylic acid groups (broad SMARTS) is 1. The van der Waals surface area contributed by atoms with Gasteiger partial charge in [-0.05, 0) is 30.2 Å². The standard InChI is InChI=1S/C17H13Cl3FNO2/c18-12-6-14(20)15(7-13(12)19)22-5-4-9(8-22)10-2-1-3-11(16(10)21)17(23)24/h1-3,6-7,9H,4-5,8H2,(H,23,24). The fourth-order valence-corrected chi connectivity index (χ4v) is 3.68. The molecule has 0 saturated carbocycles. The second-order valence-corrected chi connectivity index (χ2v) is 6.88. The van der Waals surface area contributed by atoms with Crippen LogP contribution in [-0.4, -0.2) is 24.2 Å². The molecule has 0 bridgehead atoms. The monoisotopic (exact) mass is 387 g/mol. The molecule has 1 heterocycles. The number of halogens is 4. The Morgan fingerprint density at radius 2 is 1.88 bits per heavy atom. The molecule has 7 heteroatoms. The molecule has 1 aliphatic heterocycles. The number of hydrogen-bond acceptors (Lipinski definition) is 2. The van der Waals surface area contributed by atoms with Crippen molar-refractivity contribution >= 4 is 46.5 Å². The molecule has 1 saturated heterocycles. The maximum atomic E-state index is 14.4. The molecule has 0 spiro atoms. The third-order valence-electron chi connectivity index (χ3n) is 4.22. The molecule has 3 rings (SSSR count). The van der Waals surface area contributed by atoms with Gasteiger partial charge in [0, 0.05) is 19.0 Å². The number of aromatic carboxylic acids is 1. The molecule has 0 amide bonds. The third kappa shape index (κ3) is 3.18. The van der Waals surface area contributed by atoms with E-state index in [0.29, 0.717) is 40.1 Å². The number of anilines is 1. The van der Waals surface area contributed by atoms with Gasteiger partial charge in [-0.25, -0.2) is 9.18 Å². The van der Waals surface area contributed by atoms with Gasteiger partial charge < -0.3 is 10.0 Å². The van der Waals surface area contributed by atoms with Gasteiger partial charge in [-0.2, -0.15) is 0 Å². The largest absolute Gasteiger partial charge is 0.478 e. The zero-order chi connectivity index (χ0) is 17.4. The Kier molecular flexibility index (Phi) is 4.90. The summed E-state index contributed by atoms with van der Waals surface area (Å²) in [5.41, 5.74) is 0.843.